The van der Waals surface area contributed by atoms with Gasteiger partial charge in [0.15, 0.2) is 0 Å². The third kappa shape index (κ3) is 4.34. The van der Waals surface area contributed by atoms with Gasteiger partial charge in [-0.05, 0) is 17.4 Å². The molecule has 0 amide bonds. The standard InChI is InChI=1S/C15H20N2S2/c1-11(2)18-9-12-3-5-13(6-4-12)15-17-14(7-8-16)10-19-15/h3-6,10-11H,7-9,16H2,1-2H3. The maximum atomic E-state index is 5.55. The quantitative estimate of drug-likeness (QED) is 0.876. The van der Waals surface area contributed by atoms with E-state index in [1.54, 1.807) is 11.3 Å². The lowest BCUT2D eigenvalue weighted by Crippen LogP contribution is -2.02. The minimum absolute atomic E-state index is 0.661. The van der Waals surface area contributed by atoms with Crippen molar-refractivity contribution in [2.45, 2.75) is 31.3 Å². The predicted molar refractivity (Wildman–Crippen MR) is 86.7 cm³/mol. The molecular formula is C15H20N2S2. The van der Waals surface area contributed by atoms with Gasteiger partial charge in [-0.15, -0.1) is 11.3 Å². The maximum Gasteiger partial charge on any atom is 0.123 e. The molecule has 0 spiro atoms. The van der Waals surface area contributed by atoms with Crippen LogP contribution in [0.3, 0.4) is 0 Å². The molecule has 19 heavy (non-hydrogen) atoms. The molecule has 0 saturated heterocycles. The fraction of sp³-hybridized carbons (Fsp3) is 0.400. The SMILES string of the molecule is CC(C)SCc1ccc(-c2nc(CCN)cs2)cc1. The number of hydrogen-bond acceptors (Lipinski definition) is 4. The lowest BCUT2D eigenvalue weighted by atomic mass is 10.1. The number of hydrogen-bond donors (Lipinski definition) is 1. The summed E-state index contributed by atoms with van der Waals surface area (Å²) in [7, 11) is 0. The fourth-order valence-corrected chi connectivity index (χ4v) is 3.29. The summed E-state index contributed by atoms with van der Waals surface area (Å²) in [6.45, 7) is 5.12. The van der Waals surface area contributed by atoms with Crippen LogP contribution in [0.2, 0.25) is 0 Å². The Morgan fingerprint density at radius 3 is 2.63 bits per heavy atom. The van der Waals surface area contributed by atoms with Crippen molar-refractivity contribution in [3.63, 3.8) is 0 Å². The highest BCUT2D eigenvalue weighted by atomic mass is 32.2. The lowest BCUT2D eigenvalue weighted by Gasteiger charge is -2.05. The lowest BCUT2D eigenvalue weighted by molar-refractivity contribution is 0.936. The molecule has 0 unspecified atom stereocenters. The van der Waals surface area contributed by atoms with E-state index in [0.29, 0.717) is 11.8 Å². The molecule has 102 valence electrons. The highest BCUT2D eigenvalue weighted by molar-refractivity contribution is 7.99. The Kier molecular flexibility index (Phi) is 5.43. The van der Waals surface area contributed by atoms with Crippen molar-refractivity contribution in [1.29, 1.82) is 0 Å². The highest BCUT2D eigenvalue weighted by Crippen LogP contribution is 2.25. The molecule has 0 fully saturated rings. The maximum absolute atomic E-state index is 5.55. The Labute approximate surface area is 123 Å². The van der Waals surface area contributed by atoms with Crippen molar-refractivity contribution < 1.29 is 0 Å². The molecule has 4 heteroatoms. The molecule has 0 atom stereocenters. The Balaban J connectivity index is 2.04. The summed E-state index contributed by atoms with van der Waals surface area (Å²) < 4.78 is 0. The molecule has 0 radical (unpaired) electrons. The molecule has 0 saturated carbocycles. The Hall–Kier alpha value is -0.840. The molecule has 2 nitrogen and oxygen atoms in total. The monoisotopic (exact) mass is 292 g/mol. The second-order valence-electron chi connectivity index (χ2n) is 4.74. The minimum atomic E-state index is 0.661. The zero-order chi connectivity index (χ0) is 13.7. The van der Waals surface area contributed by atoms with Crippen LogP contribution in [0.15, 0.2) is 29.6 Å². The van der Waals surface area contributed by atoms with E-state index in [4.69, 9.17) is 5.73 Å². The van der Waals surface area contributed by atoms with Crippen LogP contribution in [0.4, 0.5) is 0 Å². The van der Waals surface area contributed by atoms with E-state index in [2.05, 4.69) is 48.5 Å². The average molecular weight is 292 g/mol. The van der Waals surface area contributed by atoms with Gasteiger partial charge in [0.1, 0.15) is 5.01 Å². The third-order valence-corrected chi connectivity index (χ3v) is 4.84. The summed E-state index contributed by atoms with van der Waals surface area (Å²) in [6.07, 6.45) is 0.861. The zero-order valence-electron chi connectivity index (χ0n) is 11.4. The molecule has 0 aliphatic heterocycles. The van der Waals surface area contributed by atoms with Gasteiger partial charge in [0.05, 0.1) is 5.69 Å². The number of thiazole rings is 1. The van der Waals surface area contributed by atoms with Gasteiger partial charge in [-0.2, -0.15) is 11.8 Å². The summed E-state index contributed by atoms with van der Waals surface area (Å²) in [4.78, 5) is 4.61. The van der Waals surface area contributed by atoms with Gasteiger partial charge >= 0.3 is 0 Å². The Morgan fingerprint density at radius 1 is 1.26 bits per heavy atom. The summed E-state index contributed by atoms with van der Waals surface area (Å²) in [6, 6.07) is 8.74. The van der Waals surface area contributed by atoms with E-state index < -0.39 is 0 Å². The van der Waals surface area contributed by atoms with E-state index in [1.165, 1.54) is 11.1 Å². The van der Waals surface area contributed by atoms with Crippen LogP contribution in [0.1, 0.15) is 25.1 Å². The number of aromatic nitrogens is 1. The molecule has 1 aromatic heterocycles. The van der Waals surface area contributed by atoms with Crippen molar-refractivity contribution in [3.05, 3.63) is 40.9 Å². The highest BCUT2D eigenvalue weighted by Gasteiger charge is 2.04. The van der Waals surface area contributed by atoms with Crippen LogP contribution < -0.4 is 5.73 Å². The fourth-order valence-electron chi connectivity index (χ4n) is 1.71. The van der Waals surface area contributed by atoms with E-state index in [9.17, 15) is 0 Å². The third-order valence-electron chi connectivity index (χ3n) is 2.74. The van der Waals surface area contributed by atoms with E-state index >= 15 is 0 Å². The van der Waals surface area contributed by atoms with E-state index in [0.717, 1.165) is 22.9 Å². The Bertz CT molecular complexity index is 503. The number of nitrogens with zero attached hydrogens (tertiary/aromatic N) is 1. The first-order valence-corrected chi connectivity index (χ1v) is 8.47. The van der Waals surface area contributed by atoms with Gasteiger partial charge < -0.3 is 5.73 Å². The van der Waals surface area contributed by atoms with Crippen LogP contribution in [0.25, 0.3) is 10.6 Å². The molecular weight excluding hydrogens is 272 g/mol. The summed E-state index contributed by atoms with van der Waals surface area (Å²) in [5.41, 5.74) is 9.22. The first-order chi connectivity index (χ1) is 9.19. The van der Waals surface area contributed by atoms with Crippen LogP contribution in [0.5, 0.6) is 0 Å². The molecule has 2 N–H and O–H groups in total. The van der Waals surface area contributed by atoms with Crippen molar-refractivity contribution >= 4 is 23.1 Å². The van der Waals surface area contributed by atoms with Crippen molar-refractivity contribution in [2.24, 2.45) is 5.73 Å². The normalized spacial score (nSPS) is 11.2. The molecule has 0 bridgehead atoms. The van der Waals surface area contributed by atoms with Crippen molar-refractivity contribution in [2.75, 3.05) is 6.54 Å². The number of benzene rings is 1. The number of thioether (sulfide) groups is 1. The topological polar surface area (TPSA) is 38.9 Å². The van der Waals surface area contributed by atoms with E-state index in [1.807, 2.05) is 11.8 Å². The minimum Gasteiger partial charge on any atom is -0.330 e. The predicted octanol–water partition coefficient (Wildman–Crippen LogP) is 3.95. The molecule has 1 heterocycles. The van der Waals surface area contributed by atoms with Gasteiger partial charge in [0, 0.05) is 23.1 Å². The van der Waals surface area contributed by atoms with Crippen molar-refractivity contribution in [1.82, 2.24) is 4.98 Å². The van der Waals surface area contributed by atoms with Crippen LogP contribution in [0, 0.1) is 0 Å². The smallest absolute Gasteiger partial charge is 0.123 e. The second-order valence-corrected chi connectivity index (χ2v) is 7.16. The summed E-state index contributed by atoms with van der Waals surface area (Å²) >= 11 is 3.66. The molecule has 1 aromatic carbocycles. The summed E-state index contributed by atoms with van der Waals surface area (Å²) in [5.74, 6) is 1.08. The summed E-state index contributed by atoms with van der Waals surface area (Å²) in [5, 5.41) is 3.87. The largest absolute Gasteiger partial charge is 0.330 e. The van der Waals surface area contributed by atoms with Crippen LogP contribution >= 0.6 is 23.1 Å². The first-order valence-electron chi connectivity index (χ1n) is 6.54. The van der Waals surface area contributed by atoms with E-state index in [-0.39, 0.29) is 0 Å². The number of nitrogens with two attached hydrogens (primary N) is 1. The average Bonchev–Trinajstić information content (AvgIpc) is 2.86. The van der Waals surface area contributed by atoms with Crippen molar-refractivity contribution in [3.8, 4) is 10.6 Å². The van der Waals surface area contributed by atoms with Gasteiger partial charge in [0.2, 0.25) is 0 Å². The van der Waals surface area contributed by atoms with Crippen LogP contribution in [-0.4, -0.2) is 16.8 Å². The molecule has 0 aliphatic rings. The molecule has 0 aliphatic carbocycles. The van der Waals surface area contributed by atoms with Gasteiger partial charge in [-0.3, -0.25) is 0 Å². The van der Waals surface area contributed by atoms with Gasteiger partial charge in [-0.1, -0.05) is 38.1 Å². The first kappa shape index (κ1) is 14.6. The second kappa shape index (κ2) is 7.08. The Morgan fingerprint density at radius 2 is 2.00 bits per heavy atom. The molecule has 2 aromatic rings. The van der Waals surface area contributed by atoms with Gasteiger partial charge in [0.25, 0.3) is 0 Å². The van der Waals surface area contributed by atoms with Crippen LogP contribution in [-0.2, 0) is 12.2 Å². The number of rotatable bonds is 6. The molecule has 2 rings (SSSR count). The zero-order valence-corrected chi connectivity index (χ0v) is 13.1. The van der Waals surface area contributed by atoms with Gasteiger partial charge in [-0.25, -0.2) is 4.98 Å².